The van der Waals surface area contributed by atoms with Crippen LogP contribution in [0.3, 0.4) is 0 Å². The van der Waals surface area contributed by atoms with Crippen molar-refractivity contribution in [2.45, 2.75) is 96.3 Å². The number of ether oxygens (including phenoxy) is 1. The lowest BCUT2D eigenvalue weighted by atomic mass is 9.94. The maximum Gasteiger partial charge on any atom is 0.416 e. The predicted molar refractivity (Wildman–Crippen MR) is 192 cm³/mol. The first kappa shape index (κ1) is 39.7. The smallest absolute Gasteiger partial charge is 0.416 e. The van der Waals surface area contributed by atoms with E-state index in [1.807, 2.05) is 32.0 Å². The summed E-state index contributed by atoms with van der Waals surface area (Å²) in [5.74, 6) is 4.05. The third-order valence-corrected chi connectivity index (χ3v) is 9.89. The number of carbonyl (C=O) groups excluding carboxylic acids is 1. The standard InChI is InChI=1S/C40H46F4N4O5/c1-24(2)17-34(48-22-27(10-15-47-16-11-29(41)23-47)31(20-35(48)49)40(42,43)44)38(52)46-33(21-36(50)51)32-19-28(37-25(3)7-6-8-26(37)4)18-30(45-32)9-12-39(53-5)13-14-39/h6-8,18-20,22,24,29,33-34H,10-11,13-17,21,23H2,1-5H3,(H,46,52)(H,50,51)/t29-,33+,34+/m1/s1. The van der Waals surface area contributed by atoms with Gasteiger partial charge in [-0.05, 0) is 97.7 Å². The average Bonchev–Trinajstić information content (AvgIpc) is 3.75. The van der Waals surface area contributed by atoms with Crippen LogP contribution in [0.15, 0.2) is 47.4 Å². The van der Waals surface area contributed by atoms with E-state index in [1.54, 1.807) is 38.0 Å². The van der Waals surface area contributed by atoms with Crippen LogP contribution in [0.2, 0.25) is 0 Å². The van der Waals surface area contributed by atoms with Crippen LogP contribution >= 0.6 is 0 Å². The van der Waals surface area contributed by atoms with Gasteiger partial charge in [-0.2, -0.15) is 13.2 Å². The first-order valence-electron chi connectivity index (χ1n) is 17.9. The van der Waals surface area contributed by atoms with Gasteiger partial charge >= 0.3 is 12.1 Å². The number of nitrogens with zero attached hydrogens (tertiary/aromatic N) is 3. The molecule has 0 radical (unpaired) electrons. The number of rotatable bonds is 13. The van der Waals surface area contributed by atoms with E-state index >= 15 is 0 Å². The normalized spacial score (nSPS) is 18.0. The SMILES string of the molecule is COC1(C#Cc2cc(-c3c(C)cccc3C)cc([C@H](CC(=O)O)NC(=O)[C@H](CC(C)C)n3cc(CCN4CC[C@@H](F)C4)c(C(F)(F)F)cc3=O)n2)CC1. The number of carboxylic acid groups (broad SMARTS) is 1. The minimum atomic E-state index is -4.83. The van der Waals surface area contributed by atoms with Crippen LogP contribution in [0.4, 0.5) is 17.6 Å². The lowest BCUT2D eigenvalue weighted by molar-refractivity contribution is -0.139. The number of likely N-dealkylation sites (tertiary alicyclic amines) is 1. The van der Waals surface area contributed by atoms with Crippen LogP contribution in [0, 0.1) is 31.6 Å². The molecule has 5 rings (SSSR count). The van der Waals surface area contributed by atoms with Crippen LogP contribution in [0.5, 0.6) is 0 Å². The van der Waals surface area contributed by atoms with Crippen molar-refractivity contribution in [3.05, 3.63) is 86.6 Å². The van der Waals surface area contributed by atoms with Gasteiger partial charge in [0, 0.05) is 39.0 Å². The Labute approximate surface area is 306 Å². The van der Waals surface area contributed by atoms with Crippen LogP contribution in [-0.2, 0) is 26.9 Å². The Morgan fingerprint density at radius 1 is 1.15 bits per heavy atom. The van der Waals surface area contributed by atoms with Crippen molar-refractivity contribution in [2.75, 3.05) is 26.7 Å². The van der Waals surface area contributed by atoms with E-state index in [4.69, 9.17) is 4.74 Å². The molecule has 13 heteroatoms. The Kier molecular flexibility index (Phi) is 12.1. The minimum absolute atomic E-state index is 0.0672. The highest BCUT2D eigenvalue weighted by Crippen LogP contribution is 2.38. The van der Waals surface area contributed by atoms with Gasteiger partial charge in [0.2, 0.25) is 5.91 Å². The summed E-state index contributed by atoms with van der Waals surface area (Å²) >= 11 is 0. The zero-order valence-corrected chi connectivity index (χ0v) is 30.6. The van der Waals surface area contributed by atoms with Gasteiger partial charge in [0.1, 0.15) is 23.5 Å². The molecule has 2 N–H and O–H groups in total. The molecule has 1 saturated carbocycles. The van der Waals surface area contributed by atoms with Crippen molar-refractivity contribution in [1.29, 1.82) is 0 Å². The second kappa shape index (κ2) is 16.2. The highest BCUT2D eigenvalue weighted by Gasteiger charge is 2.41. The quantitative estimate of drug-likeness (QED) is 0.151. The number of benzene rings is 1. The van der Waals surface area contributed by atoms with Gasteiger partial charge in [-0.15, -0.1) is 0 Å². The zero-order chi connectivity index (χ0) is 38.7. The number of aryl methyl sites for hydroxylation is 2. The van der Waals surface area contributed by atoms with E-state index in [9.17, 15) is 37.1 Å². The Bertz CT molecular complexity index is 1940. The molecule has 0 spiro atoms. The van der Waals surface area contributed by atoms with E-state index in [-0.39, 0.29) is 43.1 Å². The molecule has 3 aromatic rings. The number of halogens is 4. The topological polar surface area (TPSA) is 114 Å². The van der Waals surface area contributed by atoms with Gasteiger partial charge in [0.15, 0.2) is 0 Å². The average molecular weight is 739 g/mol. The molecule has 1 amide bonds. The van der Waals surface area contributed by atoms with Gasteiger partial charge in [0.05, 0.1) is 23.7 Å². The number of aromatic nitrogens is 2. The predicted octanol–water partition coefficient (Wildman–Crippen LogP) is 6.58. The monoisotopic (exact) mass is 738 g/mol. The van der Waals surface area contributed by atoms with Gasteiger partial charge in [-0.1, -0.05) is 38.0 Å². The number of carboxylic acids is 1. The highest BCUT2D eigenvalue weighted by atomic mass is 19.4. The number of carbonyl (C=O) groups is 2. The number of hydrogen-bond donors (Lipinski definition) is 2. The molecule has 0 unspecified atom stereocenters. The lowest BCUT2D eigenvalue weighted by Crippen LogP contribution is -2.41. The van der Waals surface area contributed by atoms with Gasteiger partial charge in [0.25, 0.3) is 5.56 Å². The molecule has 3 heterocycles. The number of pyridine rings is 2. The number of nitrogens with one attached hydrogen (secondary N) is 1. The fraction of sp³-hybridized carbons (Fsp3) is 0.500. The largest absolute Gasteiger partial charge is 0.481 e. The third-order valence-electron chi connectivity index (χ3n) is 9.89. The number of amides is 1. The molecule has 1 aliphatic heterocycles. The summed E-state index contributed by atoms with van der Waals surface area (Å²) in [6, 6.07) is 7.36. The molecule has 0 bridgehead atoms. The van der Waals surface area contributed by atoms with Crippen molar-refractivity contribution in [2.24, 2.45) is 5.92 Å². The fourth-order valence-electron chi connectivity index (χ4n) is 6.91. The van der Waals surface area contributed by atoms with Gasteiger partial charge < -0.3 is 24.6 Å². The Morgan fingerprint density at radius 2 is 1.85 bits per heavy atom. The number of alkyl halides is 4. The first-order valence-corrected chi connectivity index (χ1v) is 17.9. The molecular formula is C40H46F4N4O5. The maximum atomic E-state index is 14.2. The molecule has 1 aromatic carbocycles. The molecule has 2 aliphatic rings. The molecule has 284 valence electrons. The second-order valence-corrected chi connectivity index (χ2v) is 14.6. The summed E-state index contributed by atoms with van der Waals surface area (Å²) < 4.78 is 62.9. The summed E-state index contributed by atoms with van der Waals surface area (Å²) in [6.07, 6.45) is -3.63. The van der Waals surface area contributed by atoms with Crippen molar-refractivity contribution in [3.63, 3.8) is 0 Å². The fourth-order valence-corrected chi connectivity index (χ4v) is 6.91. The zero-order valence-electron chi connectivity index (χ0n) is 30.6. The number of aliphatic carboxylic acids is 1. The molecule has 3 atom stereocenters. The second-order valence-electron chi connectivity index (χ2n) is 14.6. The van der Waals surface area contributed by atoms with E-state index in [0.29, 0.717) is 30.3 Å². The minimum Gasteiger partial charge on any atom is -0.481 e. The van der Waals surface area contributed by atoms with Crippen molar-refractivity contribution in [1.82, 2.24) is 19.8 Å². The number of hydrogen-bond acceptors (Lipinski definition) is 6. The summed E-state index contributed by atoms with van der Waals surface area (Å²) in [4.78, 5) is 46.3. The highest BCUT2D eigenvalue weighted by molar-refractivity contribution is 5.82. The Balaban J connectivity index is 1.55. The molecule has 1 aliphatic carbocycles. The van der Waals surface area contributed by atoms with Crippen molar-refractivity contribution < 1.29 is 37.0 Å². The number of methoxy groups -OCH3 is 1. The molecule has 2 aromatic heterocycles. The Hall–Kier alpha value is -4.54. The van der Waals surface area contributed by atoms with Crippen LogP contribution in [0.1, 0.15) is 91.7 Å². The van der Waals surface area contributed by atoms with E-state index < -0.39 is 59.5 Å². The van der Waals surface area contributed by atoms with Gasteiger partial charge in [-0.3, -0.25) is 14.4 Å². The van der Waals surface area contributed by atoms with Crippen LogP contribution in [0.25, 0.3) is 11.1 Å². The third kappa shape index (κ3) is 9.91. The van der Waals surface area contributed by atoms with Gasteiger partial charge in [-0.25, -0.2) is 9.37 Å². The van der Waals surface area contributed by atoms with Crippen molar-refractivity contribution >= 4 is 11.9 Å². The Morgan fingerprint density at radius 3 is 2.42 bits per heavy atom. The molecular weight excluding hydrogens is 692 g/mol. The summed E-state index contributed by atoms with van der Waals surface area (Å²) in [5, 5.41) is 12.8. The molecule has 9 nitrogen and oxygen atoms in total. The van der Waals surface area contributed by atoms with E-state index in [0.717, 1.165) is 40.3 Å². The lowest BCUT2D eigenvalue weighted by Gasteiger charge is -2.26. The molecule has 2 fully saturated rings. The van der Waals surface area contributed by atoms with E-state index in [1.165, 1.54) is 0 Å². The van der Waals surface area contributed by atoms with E-state index in [2.05, 4.69) is 22.1 Å². The van der Waals surface area contributed by atoms with Crippen LogP contribution in [-0.4, -0.2) is 70.0 Å². The van der Waals surface area contributed by atoms with Crippen LogP contribution < -0.4 is 10.9 Å². The van der Waals surface area contributed by atoms with Crippen molar-refractivity contribution in [3.8, 4) is 23.0 Å². The summed E-state index contributed by atoms with van der Waals surface area (Å²) in [5.41, 5.74) is 1.17. The first-order chi connectivity index (χ1) is 25.0. The summed E-state index contributed by atoms with van der Waals surface area (Å²) in [6.45, 7) is 8.17. The summed E-state index contributed by atoms with van der Waals surface area (Å²) in [7, 11) is 1.58. The molecule has 1 saturated heterocycles. The maximum absolute atomic E-state index is 14.2. The molecule has 53 heavy (non-hydrogen) atoms.